The van der Waals surface area contributed by atoms with Crippen molar-refractivity contribution in [3.05, 3.63) is 48.0 Å². The third kappa shape index (κ3) is 3.19. The van der Waals surface area contributed by atoms with Crippen molar-refractivity contribution in [1.29, 1.82) is 0 Å². The van der Waals surface area contributed by atoms with Crippen molar-refractivity contribution >= 4 is 10.0 Å². The molecule has 1 unspecified atom stereocenters. The number of pyridine rings is 1. The first kappa shape index (κ1) is 13.7. The van der Waals surface area contributed by atoms with Gasteiger partial charge in [0.15, 0.2) is 0 Å². The van der Waals surface area contributed by atoms with Gasteiger partial charge in [-0.25, -0.2) is 13.1 Å². The van der Waals surface area contributed by atoms with Crippen LogP contribution in [0.15, 0.2) is 41.7 Å². The predicted molar refractivity (Wildman–Crippen MR) is 69.7 cm³/mol. The molecule has 0 saturated carbocycles. The molecule has 0 saturated heterocycles. The van der Waals surface area contributed by atoms with Gasteiger partial charge >= 0.3 is 0 Å². The maximum absolute atomic E-state index is 12.1. The second kappa shape index (κ2) is 5.52. The summed E-state index contributed by atoms with van der Waals surface area (Å²) in [5.41, 5.74) is 1.29. The number of sulfonamides is 1. The van der Waals surface area contributed by atoms with E-state index in [1.165, 1.54) is 12.3 Å². The number of hydrogen-bond acceptors (Lipinski definition) is 4. The van der Waals surface area contributed by atoms with E-state index in [2.05, 4.69) is 14.7 Å². The molecule has 102 valence electrons. The number of aliphatic hydroxyl groups is 1. The Morgan fingerprint density at radius 2 is 2.11 bits per heavy atom. The van der Waals surface area contributed by atoms with E-state index in [4.69, 9.17) is 5.11 Å². The van der Waals surface area contributed by atoms with Gasteiger partial charge in [0.2, 0.25) is 10.0 Å². The first-order chi connectivity index (χ1) is 9.03. The number of H-pyrrole nitrogens is 1. The predicted octanol–water partition coefficient (Wildman–Crippen LogP) is 0.941. The van der Waals surface area contributed by atoms with Crippen LogP contribution in [0.5, 0.6) is 0 Å². The van der Waals surface area contributed by atoms with E-state index in [9.17, 15) is 8.42 Å². The van der Waals surface area contributed by atoms with Gasteiger partial charge in [-0.3, -0.25) is 4.98 Å². The van der Waals surface area contributed by atoms with Crippen molar-refractivity contribution < 1.29 is 13.5 Å². The Morgan fingerprint density at radius 1 is 1.42 bits per heavy atom. The largest absolute Gasteiger partial charge is 0.390 e. The van der Waals surface area contributed by atoms with E-state index in [1.807, 2.05) is 0 Å². The zero-order valence-corrected chi connectivity index (χ0v) is 11.2. The van der Waals surface area contributed by atoms with Crippen LogP contribution in [0.1, 0.15) is 24.2 Å². The van der Waals surface area contributed by atoms with E-state index in [0.29, 0.717) is 5.69 Å². The molecule has 2 heterocycles. The highest BCUT2D eigenvalue weighted by Gasteiger charge is 2.19. The molecule has 0 spiro atoms. The molecular weight excluding hydrogens is 266 g/mol. The number of aliphatic hydroxyl groups excluding tert-OH is 1. The highest BCUT2D eigenvalue weighted by molar-refractivity contribution is 7.89. The van der Waals surface area contributed by atoms with Gasteiger partial charge in [-0.2, -0.15) is 0 Å². The van der Waals surface area contributed by atoms with Crippen LogP contribution in [0.3, 0.4) is 0 Å². The Morgan fingerprint density at radius 3 is 2.68 bits per heavy atom. The fraction of sp³-hybridized carbons (Fsp3) is 0.250. The van der Waals surface area contributed by atoms with Crippen LogP contribution in [0.4, 0.5) is 0 Å². The third-order valence-electron chi connectivity index (χ3n) is 2.73. The lowest BCUT2D eigenvalue weighted by Crippen LogP contribution is -2.26. The van der Waals surface area contributed by atoms with Gasteiger partial charge in [-0.05, 0) is 30.7 Å². The average molecular weight is 281 g/mol. The third-order valence-corrected chi connectivity index (χ3v) is 4.26. The van der Waals surface area contributed by atoms with Gasteiger partial charge < -0.3 is 10.1 Å². The Bertz CT molecular complexity index is 637. The lowest BCUT2D eigenvalue weighted by Gasteiger charge is -2.13. The Balaban J connectivity index is 2.17. The van der Waals surface area contributed by atoms with E-state index < -0.39 is 10.0 Å². The van der Waals surface area contributed by atoms with E-state index in [1.54, 1.807) is 31.5 Å². The van der Waals surface area contributed by atoms with Crippen molar-refractivity contribution in [2.75, 3.05) is 0 Å². The molecule has 0 fully saturated rings. The monoisotopic (exact) mass is 281 g/mol. The highest BCUT2D eigenvalue weighted by Crippen LogP contribution is 2.16. The minimum Gasteiger partial charge on any atom is -0.390 e. The van der Waals surface area contributed by atoms with Crippen molar-refractivity contribution in [2.24, 2.45) is 0 Å². The first-order valence-corrected chi connectivity index (χ1v) is 7.21. The molecule has 2 aromatic rings. The van der Waals surface area contributed by atoms with Crippen LogP contribution in [0, 0.1) is 0 Å². The molecular formula is C12H15N3O3S. The summed E-state index contributed by atoms with van der Waals surface area (Å²) in [5.74, 6) is 0. The molecule has 3 N–H and O–H groups in total. The van der Waals surface area contributed by atoms with Crippen molar-refractivity contribution in [1.82, 2.24) is 14.7 Å². The normalized spacial score (nSPS) is 13.4. The fourth-order valence-corrected chi connectivity index (χ4v) is 2.94. The average Bonchev–Trinajstić information content (AvgIpc) is 2.89. The maximum Gasteiger partial charge on any atom is 0.242 e. The summed E-state index contributed by atoms with van der Waals surface area (Å²) in [6.45, 7) is 1.53. The molecule has 6 nitrogen and oxygen atoms in total. The second-order valence-corrected chi connectivity index (χ2v) is 5.86. The summed E-state index contributed by atoms with van der Waals surface area (Å²) in [4.78, 5) is 6.69. The standard InChI is InChI=1S/C12H15N3O3S/c1-9(10-2-4-13-5-3-10)15-19(17,18)12-6-11(8-16)14-7-12/h2-7,9,14-16H,8H2,1H3. The zero-order chi connectivity index (χ0) is 13.9. The zero-order valence-electron chi connectivity index (χ0n) is 10.4. The number of nitrogens with zero attached hydrogens (tertiary/aromatic N) is 1. The number of nitrogens with one attached hydrogen (secondary N) is 2. The minimum atomic E-state index is -3.61. The van der Waals surface area contributed by atoms with Crippen LogP contribution in [-0.4, -0.2) is 23.5 Å². The molecule has 2 aromatic heterocycles. The van der Waals surface area contributed by atoms with E-state index >= 15 is 0 Å². The van der Waals surface area contributed by atoms with Crippen LogP contribution in [-0.2, 0) is 16.6 Å². The van der Waals surface area contributed by atoms with Crippen molar-refractivity contribution in [3.8, 4) is 0 Å². The van der Waals surface area contributed by atoms with Gasteiger partial charge in [0.1, 0.15) is 0 Å². The van der Waals surface area contributed by atoms with Gasteiger partial charge in [0.05, 0.1) is 11.5 Å². The molecule has 1 atom stereocenters. The number of aromatic nitrogens is 2. The fourth-order valence-electron chi connectivity index (χ4n) is 1.69. The molecule has 0 aliphatic rings. The Labute approximate surface area is 111 Å². The van der Waals surface area contributed by atoms with Gasteiger partial charge in [-0.1, -0.05) is 0 Å². The van der Waals surface area contributed by atoms with Crippen LogP contribution < -0.4 is 4.72 Å². The molecule has 0 aliphatic heterocycles. The Hall–Kier alpha value is -1.70. The van der Waals surface area contributed by atoms with Crippen LogP contribution >= 0.6 is 0 Å². The summed E-state index contributed by atoms with van der Waals surface area (Å²) < 4.78 is 26.8. The lowest BCUT2D eigenvalue weighted by molar-refractivity contribution is 0.277. The van der Waals surface area contributed by atoms with Gasteiger partial charge in [-0.15, -0.1) is 0 Å². The SMILES string of the molecule is CC(NS(=O)(=O)c1c[nH]c(CO)c1)c1ccncc1. The van der Waals surface area contributed by atoms with E-state index in [-0.39, 0.29) is 17.5 Å². The highest BCUT2D eigenvalue weighted by atomic mass is 32.2. The molecule has 0 aromatic carbocycles. The lowest BCUT2D eigenvalue weighted by atomic mass is 10.1. The second-order valence-electron chi connectivity index (χ2n) is 4.14. The molecule has 2 rings (SSSR count). The topological polar surface area (TPSA) is 95.1 Å². The van der Waals surface area contributed by atoms with Crippen LogP contribution in [0.25, 0.3) is 0 Å². The minimum absolute atomic E-state index is 0.109. The number of rotatable bonds is 5. The quantitative estimate of drug-likeness (QED) is 0.760. The summed E-state index contributed by atoms with van der Waals surface area (Å²) >= 11 is 0. The molecule has 0 bridgehead atoms. The van der Waals surface area contributed by atoms with Crippen molar-refractivity contribution in [3.63, 3.8) is 0 Å². The van der Waals surface area contributed by atoms with Gasteiger partial charge in [0.25, 0.3) is 0 Å². The maximum atomic E-state index is 12.1. The summed E-state index contributed by atoms with van der Waals surface area (Å²) in [6, 6.07) is 4.55. The summed E-state index contributed by atoms with van der Waals surface area (Å²) in [6.07, 6.45) is 4.58. The van der Waals surface area contributed by atoms with Gasteiger partial charge in [0, 0.05) is 30.3 Å². The first-order valence-electron chi connectivity index (χ1n) is 5.73. The summed E-state index contributed by atoms with van der Waals surface area (Å²) in [5, 5.41) is 8.92. The Kier molecular flexibility index (Phi) is 3.98. The molecule has 0 aliphatic carbocycles. The summed E-state index contributed by atoms with van der Waals surface area (Å²) in [7, 11) is -3.61. The molecule has 0 amide bonds. The number of hydrogen-bond donors (Lipinski definition) is 3. The molecule has 19 heavy (non-hydrogen) atoms. The van der Waals surface area contributed by atoms with Crippen LogP contribution in [0.2, 0.25) is 0 Å². The smallest absolute Gasteiger partial charge is 0.242 e. The molecule has 7 heteroatoms. The van der Waals surface area contributed by atoms with Crippen molar-refractivity contribution in [2.45, 2.75) is 24.5 Å². The van der Waals surface area contributed by atoms with E-state index in [0.717, 1.165) is 5.56 Å². The molecule has 0 radical (unpaired) electrons. The number of aromatic amines is 1.